The molecule has 0 spiro atoms. The van der Waals surface area contributed by atoms with E-state index in [4.69, 9.17) is 4.52 Å². The molecule has 0 amide bonds. The maximum atomic E-state index is 11.9. The Hall–Kier alpha value is -0.720. The molecule has 1 aliphatic rings. The minimum absolute atomic E-state index is 0.299. The predicted molar refractivity (Wildman–Crippen MR) is 65.7 cm³/mol. The summed E-state index contributed by atoms with van der Waals surface area (Å²) >= 11 is 0. The van der Waals surface area contributed by atoms with E-state index < -0.39 is 8.03 Å². The second-order valence-electron chi connectivity index (χ2n) is 4.34. The van der Waals surface area contributed by atoms with Gasteiger partial charge in [-0.3, -0.25) is 0 Å². The molecule has 1 saturated carbocycles. The molecule has 86 valence electrons. The Bertz CT molecular complexity index is 331. The molecule has 0 saturated heterocycles. The predicted octanol–water partition coefficient (Wildman–Crippen LogP) is 4.28. The highest BCUT2D eigenvalue weighted by Gasteiger charge is 2.33. The van der Waals surface area contributed by atoms with Crippen molar-refractivity contribution in [2.24, 2.45) is 0 Å². The van der Waals surface area contributed by atoms with Crippen molar-refractivity contribution in [2.45, 2.75) is 44.4 Å². The van der Waals surface area contributed by atoms with Crippen LogP contribution in [0.4, 0.5) is 0 Å². The van der Waals surface area contributed by atoms with Crippen molar-refractivity contribution in [3.05, 3.63) is 35.9 Å². The van der Waals surface area contributed by atoms with E-state index in [1.165, 1.54) is 19.3 Å². The highest BCUT2D eigenvalue weighted by molar-refractivity contribution is 7.40. The first-order valence-electron chi connectivity index (χ1n) is 5.99. The van der Waals surface area contributed by atoms with E-state index >= 15 is 0 Å². The van der Waals surface area contributed by atoms with Gasteiger partial charge in [0.25, 0.3) is 0 Å². The highest BCUT2D eigenvalue weighted by Crippen LogP contribution is 2.39. The van der Waals surface area contributed by atoms with Gasteiger partial charge in [0.2, 0.25) is 0 Å². The lowest BCUT2D eigenvalue weighted by Crippen LogP contribution is -2.08. The van der Waals surface area contributed by atoms with Crippen LogP contribution in [0.25, 0.3) is 0 Å². The number of benzene rings is 1. The Morgan fingerprint density at radius 3 is 2.50 bits per heavy atom. The molecule has 1 aliphatic carbocycles. The minimum atomic E-state index is -1.47. The summed E-state index contributed by atoms with van der Waals surface area (Å²) in [7, 11) is -1.47. The van der Waals surface area contributed by atoms with Crippen LogP contribution < -0.4 is 0 Å². The molecule has 2 nitrogen and oxygen atoms in total. The van der Waals surface area contributed by atoms with E-state index in [0.29, 0.717) is 12.3 Å². The summed E-state index contributed by atoms with van der Waals surface area (Å²) in [5, 5.41) is 0. The molecule has 2 rings (SSSR count). The molecule has 0 aromatic heterocycles. The van der Waals surface area contributed by atoms with E-state index in [0.717, 1.165) is 18.4 Å². The minimum Gasteiger partial charge on any atom is -0.141 e. The van der Waals surface area contributed by atoms with Crippen LogP contribution in [0.2, 0.25) is 0 Å². The Morgan fingerprint density at radius 2 is 1.81 bits per heavy atom. The average molecular weight is 237 g/mol. The van der Waals surface area contributed by atoms with Crippen molar-refractivity contribution in [3.8, 4) is 0 Å². The standard InChI is InChI=1S/C13H18O2P/c14-16(13-9-5-2-6-10-13)15-11-12-7-3-1-4-8-12/h1,3-4,7-8,13H,2,5-6,9-11H2/q+1. The molecule has 1 aromatic rings. The van der Waals surface area contributed by atoms with Crippen LogP contribution in [-0.4, -0.2) is 5.66 Å². The summed E-state index contributed by atoms with van der Waals surface area (Å²) in [4.78, 5) is 0. The van der Waals surface area contributed by atoms with E-state index in [2.05, 4.69) is 0 Å². The van der Waals surface area contributed by atoms with E-state index in [9.17, 15) is 4.57 Å². The van der Waals surface area contributed by atoms with Crippen LogP contribution in [0.15, 0.2) is 30.3 Å². The third-order valence-corrected chi connectivity index (χ3v) is 4.57. The molecule has 0 N–H and O–H groups in total. The molecule has 1 fully saturated rings. The highest BCUT2D eigenvalue weighted by atomic mass is 31.1. The van der Waals surface area contributed by atoms with Crippen LogP contribution in [0.1, 0.15) is 37.7 Å². The van der Waals surface area contributed by atoms with Gasteiger partial charge >= 0.3 is 8.03 Å². The molecule has 1 atom stereocenters. The summed E-state index contributed by atoms with van der Waals surface area (Å²) in [5.74, 6) is 0. The second-order valence-corrected chi connectivity index (χ2v) is 5.90. The zero-order valence-corrected chi connectivity index (χ0v) is 10.4. The van der Waals surface area contributed by atoms with Crippen LogP contribution >= 0.6 is 8.03 Å². The number of hydrogen-bond acceptors (Lipinski definition) is 2. The van der Waals surface area contributed by atoms with Crippen molar-refractivity contribution in [1.82, 2.24) is 0 Å². The summed E-state index contributed by atoms with van der Waals surface area (Å²) < 4.78 is 17.4. The zero-order valence-electron chi connectivity index (χ0n) is 9.47. The van der Waals surface area contributed by atoms with Crippen LogP contribution in [0.3, 0.4) is 0 Å². The van der Waals surface area contributed by atoms with E-state index in [1.807, 2.05) is 30.3 Å². The first-order valence-corrected chi connectivity index (χ1v) is 7.24. The Labute approximate surface area is 97.9 Å². The lowest BCUT2D eigenvalue weighted by atomic mass is 10.0. The van der Waals surface area contributed by atoms with Crippen molar-refractivity contribution >= 4 is 8.03 Å². The summed E-state index contributed by atoms with van der Waals surface area (Å²) in [6.07, 6.45) is 5.85. The molecular weight excluding hydrogens is 219 g/mol. The number of rotatable bonds is 4. The van der Waals surface area contributed by atoms with Gasteiger partial charge in [0.1, 0.15) is 6.61 Å². The smallest absolute Gasteiger partial charge is 0.141 e. The lowest BCUT2D eigenvalue weighted by Gasteiger charge is -2.11. The third kappa shape index (κ3) is 3.40. The topological polar surface area (TPSA) is 26.3 Å². The van der Waals surface area contributed by atoms with Crippen molar-refractivity contribution in [1.29, 1.82) is 0 Å². The Kier molecular flexibility index (Phi) is 4.50. The van der Waals surface area contributed by atoms with Gasteiger partial charge in [0.05, 0.1) is 0 Å². The summed E-state index contributed by atoms with van der Waals surface area (Å²) in [5.41, 5.74) is 1.40. The van der Waals surface area contributed by atoms with Gasteiger partial charge in [0.15, 0.2) is 5.66 Å². The summed E-state index contributed by atoms with van der Waals surface area (Å²) in [6, 6.07) is 9.94. The van der Waals surface area contributed by atoms with Gasteiger partial charge < -0.3 is 0 Å². The largest absolute Gasteiger partial charge is 0.511 e. The molecule has 16 heavy (non-hydrogen) atoms. The molecule has 1 aromatic carbocycles. The van der Waals surface area contributed by atoms with Crippen molar-refractivity contribution < 1.29 is 9.09 Å². The molecular formula is C13H18O2P+. The molecule has 0 radical (unpaired) electrons. The van der Waals surface area contributed by atoms with Gasteiger partial charge in [-0.05, 0) is 35.8 Å². The molecule has 0 bridgehead atoms. The van der Waals surface area contributed by atoms with Crippen LogP contribution in [-0.2, 0) is 15.7 Å². The fourth-order valence-electron chi connectivity index (χ4n) is 2.11. The van der Waals surface area contributed by atoms with Gasteiger partial charge in [0, 0.05) is 0 Å². The molecule has 0 heterocycles. The third-order valence-electron chi connectivity index (χ3n) is 3.07. The van der Waals surface area contributed by atoms with Crippen molar-refractivity contribution in [3.63, 3.8) is 0 Å². The Morgan fingerprint density at radius 1 is 1.12 bits per heavy atom. The maximum absolute atomic E-state index is 11.9. The summed E-state index contributed by atoms with van der Waals surface area (Å²) in [6.45, 7) is 0.479. The first-order chi connectivity index (χ1) is 7.86. The quantitative estimate of drug-likeness (QED) is 0.730. The first kappa shape index (κ1) is 11.8. The normalized spacial score (nSPS) is 18.4. The maximum Gasteiger partial charge on any atom is 0.511 e. The van der Waals surface area contributed by atoms with E-state index in [-0.39, 0.29) is 0 Å². The second kappa shape index (κ2) is 6.12. The fraction of sp³-hybridized carbons (Fsp3) is 0.538. The van der Waals surface area contributed by atoms with Gasteiger partial charge in [-0.1, -0.05) is 36.8 Å². The van der Waals surface area contributed by atoms with Gasteiger partial charge in [-0.2, -0.15) is 0 Å². The molecule has 3 heteroatoms. The van der Waals surface area contributed by atoms with Crippen LogP contribution in [0, 0.1) is 0 Å². The van der Waals surface area contributed by atoms with E-state index in [1.54, 1.807) is 0 Å². The Balaban J connectivity index is 1.79. The van der Waals surface area contributed by atoms with Crippen molar-refractivity contribution in [2.75, 3.05) is 0 Å². The number of hydrogen-bond donors (Lipinski definition) is 0. The monoisotopic (exact) mass is 237 g/mol. The molecule has 0 aliphatic heterocycles. The van der Waals surface area contributed by atoms with Crippen LogP contribution in [0.5, 0.6) is 0 Å². The SMILES string of the molecule is O=[P+](OCc1ccccc1)C1CCCCC1. The van der Waals surface area contributed by atoms with Gasteiger partial charge in [-0.25, -0.2) is 0 Å². The molecule has 1 unspecified atom stereocenters. The van der Waals surface area contributed by atoms with Gasteiger partial charge in [-0.15, -0.1) is 4.52 Å². The lowest BCUT2D eigenvalue weighted by molar-refractivity contribution is 0.305. The zero-order chi connectivity index (χ0) is 11.2. The fourth-order valence-corrected chi connectivity index (χ4v) is 3.38. The average Bonchev–Trinajstić information content (AvgIpc) is 2.38.